The molecule has 0 aliphatic rings. The maximum Gasteiger partial charge on any atom is 0.356 e. The molecular weight excluding hydrogens is 247 g/mol. The first-order valence-electron chi connectivity index (χ1n) is 4.71. The van der Waals surface area contributed by atoms with E-state index >= 15 is 0 Å². The number of carbonyl (C=O) groups excluding carboxylic acids is 1. The van der Waals surface area contributed by atoms with Crippen LogP contribution in [0, 0.1) is 5.82 Å². The van der Waals surface area contributed by atoms with Crippen LogP contribution in [-0.2, 0) is 4.74 Å². The highest BCUT2D eigenvalue weighted by Gasteiger charge is 2.15. The van der Waals surface area contributed by atoms with Gasteiger partial charge >= 0.3 is 5.97 Å². The second-order valence-electron chi connectivity index (χ2n) is 3.26. The van der Waals surface area contributed by atoms with Crippen LogP contribution in [0.5, 0.6) is 0 Å². The molecule has 1 N–H and O–H groups in total. The molecule has 0 bridgehead atoms. The minimum atomic E-state index is -0.573. The number of halogens is 2. The van der Waals surface area contributed by atoms with Gasteiger partial charge < -0.3 is 4.74 Å². The van der Waals surface area contributed by atoms with Crippen molar-refractivity contribution in [2.45, 2.75) is 0 Å². The predicted molar refractivity (Wildman–Crippen MR) is 60.3 cm³/mol. The minimum Gasteiger partial charge on any atom is -0.464 e. The third-order valence-corrected chi connectivity index (χ3v) is 2.52. The van der Waals surface area contributed by atoms with Crippen LogP contribution >= 0.6 is 11.6 Å². The Morgan fingerprint density at radius 2 is 2.29 bits per heavy atom. The molecule has 0 unspecified atom stereocenters. The summed E-state index contributed by atoms with van der Waals surface area (Å²) in [4.78, 5) is 11.2. The number of aromatic amines is 1. The Hall–Kier alpha value is -1.88. The second-order valence-corrected chi connectivity index (χ2v) is 3.66. The molecule has 4 nitrogen and oxygen atoms in total. The molecule has 2 aromatic rings. The first-order chi connectivity index (χ1) is 8.13. The molecular formula is C11H8ClFN2O2. The summed E-state index contributed by atoms with van der Waals surface area (Å²) in [6.45, 7) is 0. The second kappa shape index (κ2) is 4.55. The van der Waals surface area contributed by atoms with Gasteiger partial charge in [0, 0.05) is 0 Å². The topological polar surface area (TPSA) is 55.0 Å². The van der Waals surface area contributed by atoms with E-state index in [-0.39, 0.29) is 22.0 Å². The minimum absolute atomic E-state index is 0.141. The van der Waals surface area contributed by atoms with Crippen molar-refractivity contribution in [1.82, 2.24) is 10.2 Å². The fourth-order valence-corrected chi connectivity index (χ4v) is 1.67. The van der Waals surface area contributed by atoms with E-state index in [0.717, 1.165) is 0 Å². The van der Waals surface area contributed by atoms with E-state index in [9.17, 15) is 9.18 Å². The van der Waals surface area contributed by atoms with Crippen molar-refractivity contribution in [3.8, 4) is 11.3 Å². The predicted octanol–water partition coefficient (Wildman–Crippen LogP) is 2.66. The fourth-order valence-electron chi connectivity index (χ4n) is 1.41. The molecule has 17 heavy (non-hydrogen) atoms. The van der Waals surface area contributed by atoms with Crippen LogP contribution in [0.25, 0.3) is 11.3 Å². The largest absolute Gasteiger partial charge is 0.464 e. The molecule has 0 fully saturated rings. The molecule has 0 aliphatic carbocycles. The highest BCUT2D eigenvalue weighted by molar-refractivity contribution is 6.33. The first-order valence-corrected chi connectivity index (χ1v) is 5.09. The van der Waals surface area contributed by atoms with Gasteiger partial charge in [0.25, 0.3) is 0 Å². The Balaban J connectivity index is 2.47. The standard InChI is InChI=1S/C11H8ClFN2O2/c1-17-11(16)9-5-8(14-15-9)10-6(12)3-2-4-7(10)13/h2-5H,1H3,(H,14,15). The zero-order chi connectivity index (χ0) is 12.4. The van der Waals surface area contributed by atoms with Gasteiger partial charge in [0.1, 0.15) is 11.5 Å². The lowest BCUT2D eigenvalue weighted by Gasteiger charge is -2.00. The molecule has 2 rings (SSSR count). The first kappa shape index (κ1) is 11.6. The Bertz CT molecular complexity index is 548. The quantitative estimate of drug-likeness (QED) is 0.839. The van der Waals surface area contributed by atoms with Crippen molar-refractivity contribution in [3.63, 3.8) is 0 Å². The number of methoxy groups -OCH3 is 1. The van der Waals surface area contributed by atoms with E-state index in [2.05, 4.69) is 14.9 Å². The lowest BCUT2D eigenvalue weighted by Crippen LogP contribution is -2.00. The van der Waals surface area contributed by atoms with Gasteiger partial charge in [0.2, 0.25) is 0 Å². The average Bonchev–Trinajstić information content (AvgIpc) is 2.77. The van der Waals surface area contributed by atoms with Crippen molar-refractivity contribution in [2.75, 3.05) is 7.11 Å². The average molecular weight is 255 g/mol. The van der Waals surface area contributed by atoms with Gasteiger partial charge in [-0.25, -0.2) is 9.18 Å². The molecule has 88 valence electrons. The molecule has 1 aromatic carbocycles. The van der Waals surface area contributed by atoms with Crippen LogP contribution in [-0.4, -0.2) is 23.3 Å². The van der Waals surface area contributed by atoms with Gasteiger partial charge in [-0.1, -0.05) is 17.7 Å². The summed E-state index contributed by atoms with van der Waals surface area (Å²) < 4.78 is 18.1. The highest BCUT2D eigenvalue weighted by Crippen LogP contribution is 2.29. The number of aromatic nitrogens is 2. The van der Waals surface area contributed by atoms with E-state index < -0.39 is 11.8 Å². The summed E-state index contributed by atoms with van der Waals surface area (Å²) in [5, 5.41) is 6.52. The maximum atomic E-state index is 13.6. The number of esters is 1. The fraction of sp³-hybridized carbons (Fsp3) is 0.0909. The van der Waals surface area contributed by atoms with Crippen LogP contribution < -0.4 is 0 Å². The van der Waals surface area contributed by atoms with Crippen LogP contribution in [0.4, 0.5) is 4.39 Å². The van der Waals surface area contributed by atoms with Gasteiger partial charge in [0.15, 0.2) is 0 Å². The number of ether oxygens (including phenoxy) is 1. The molecule has 0 spiro atoms. The lowest BCUT2D eigenvalue weighted by atomic mass is 10.1. The number of H-pyrrole nitrogens is 1. The Kier molecular flexibility index (Phi) is 3.10. The molecule has 6 heteroatoms. The number of carbonyl (C=O) groups is 1. The zero-order valence-corrected chi connectivity index (χ0v) is 9.58. The number of nitrogens with one attached hydrogen (secondary N) is 1. The van der Waals surface area contributed by atoms with Crippen molar-refractivity contribution in [2.24, 2.45) is 0 Å². The monoisotopic (exact) mass is 254 g/mol. The molecule has 0 saturated heterocycles. The summed E-state index contributed by atoms with van der Waals surface area (Å²) in [5.41, 5.74) is 0.552. The Labute approximate surface area is 101 Å². The van der Waals surface area contributed by atoms with Gasteiger partial charge in [-0.2, -0.15) is 5.10 Å². The molecule has 0 saturated carbocycles. The van der Waals surface area contributed by atoms with Crippen molar-refractivity contribution in [1.29, 1.82) is 0 Å². The van der Waals surface area contributed by atoms with E-state index in [0.29, 0.717) is 0 Å². The highest BCUT2D eigenvalue weighted by atomic mass is 35.5. The number of nitrogens with zero attached hydrogens (tertiary/aromatic N) is 1. The van der Waals surface area contributed by atoms with E-state index in [1.54, 1.807) is 6.07 Å². The number of hydrogen-bond donors (Lipinski definition) is 1. The van der Waals surface area contributed by atoms with E-state index in [1.165, 1.54) is 25.3 Å². The zero-order valence-electron chi connectivity index (χ0n) is 8.83. The number of hydrogen-bond acceptors (Lipinski definition) is 3. The van der Waals surface area contributed by atoms with Gasteiger partial charge in [-0.05, 0) is 18.2 Å². The summed E-state index contributed by atoms with van der Waals surface area (Å²) >= 11 is 5.88. The molecule has 0 amide bonds. The third kappa shape index (κ3) is 2.14. The van der Waals surface area contributed by atoms with Gasteiger partial charge in [-0.3, -0.25) is 5.10 Å². The smallest absolute Gasteiger partial charge is 0.356 e. The van der Waals surface area contributed by atoms with Crippen LogP contribution in [0.2, 0.25) is 5.02 Å². The lowest BCUT2D eigenvalue weighted by molar-refractivity contribution is 0.0594. The number of benzene rings is 1. The summed E-state index contributed by atoms with van der Waals surface area (Å²) in [6.07, 6.45) is 0. The molecule has 0 radical (unpaired) electrons. The summed E-state index contributed by atoms with van der Waals surface area (Å²) in [7, 11) is 1.25. The Morgan fingerprint density at radius 3 is 2.94 bits per heavy atom. The van der Waals surface area contributed by atoms with Gasteiger partial charge in [0.05, 0.1) is 23.4 Å². The van der Waals surface area contributed by atoms with Crippen LogP contribution in [0.1, 0.15) is 10.5 Å². The normalized spacial score (nSPS) is 10.3. The molecule has 1 heterocycles. The van der Waals surface area contributed by atoms with Crippen molar-refractivity contribution < 1.29 is 13.9 Å². The third-order valence-electron chi connectivity index (χ3n) is 2.20. The number of rotatable bonds is 2. The SMILES string of the molecule is COC(=O)c1cc(-c2c(F)cccc2Cl)n[nH]1. The van der Waals surface area contributed by atoms with Gasteiger partial charge in [-0.15, -0.1) is 0 Å². The van der Waals surface area contributed by atoms with E-state index in [4.69, 9.17) is 11.6 Å². The van der Waals surface area contributed by atoms with Crippen LogP contribution in [0.15, 0.2) is 24.3 Å². The van der Waals surface area contributed by atoms with E-state index in [1.807, 2.05) is 0 Å². The summed E-state index contributed by atoms with van der Waals surface area (Å²) in [5.74, 6) is -1.07. The molecule has 1 aromatic heterocycles. The van der Waals surface area contributed by atoms with Crippen molar-refractivity contribution >= 4 is 17.6 Å². The maximum absolute atomic E-state index is 13.6. The summed E-state index contributed by atoms with van der Waals surface area (Å²) in [6, 6.07) is 5.70. The molecule has 0 aliphatic heterocycles. The van der Waals surface area contributed by atoms with Crippen LogP contribution in [0.3, 0.4) is 0 Å². The van der Waals surface area contributed by atoms with Crippen molar-refractivity contribution in [3.05, 3.63) is 40.8 Å². The molecule has 0 atom stereocenters. The Morgan fingerprint density at radius 1 is 1.53 bits per heavy atom.